The predicted octanol–water partition coefficient (Wildman–Crippen LogP) is 2.76. The number of carbonyl (C=O) groups excluding carboxylic acids is 1. The quantitative estimate of drug-likeness (QED) is 0.564. The Hall–Kier alpha value is -1.89. The number of nitrogens with zero attached hydrogens (tertiary/aromatic N) is 4. The molecule has 2 rings (SSSR count). The number of hydrogen-bond acceptors (Lipinski definition) is 5. The minimum absolute atomic E-state index is 0.0437. The molecule has 0 aliphatic carbocycles. The number of amides is 1. The minimum atomic E-state index is 0.0437. The van der Waals surface area contributed by atoms with Crippen molar-refractivity contribution in [3.63, 3.8) is 0 Å². The van der Waals surface area contributed by atoms with Crippen LogP contribution in [-0.4, -0.2) is 38.0 Å². The van der Waals surface area contributed by atoms with E-state index in [9.17, 15) is 4.79 Å². The molecule has 0 saturated carbocycles. The first-order valence-corrected chi connectivity index (χ1v) is 8.97. The van der Waals surface area contributed by atoms with Crippen LogP contribution in [0.4, 0.5) is 0 Å². The summed E-state index contributed by atoms with van der Waals surface area (Å²) in [6.07, 6.45) is 6.81. The summed E-state index contributed by atoms with van der Waals surface area (Å²) in [7, 11) is 0. The number of unbranched alkanes of at least 4 members (excludes halogenated alkanes) is 2. The molecule has 0 fully saturated rings. The number of hydrogen-bond donors (Lipinski definition) is 1. The highest BCUT2D eigenvalue weighted by atomic mass is 32.2. The van der Waals surface area contributed by atoms with Crippen molar-refractivity contribution in [2.75, 3.05) is 12.3 Å². The lowest BCUT2D eigenvalue weighted by molar-refractivity contribution is -0.118. The fourth-order valence-corrected chi connectivity index (χ4v) is 3.01. The topological polar surface area (TPSA) is 72.7 Å². The SMILES string of the molecule is CCCCCNC(=O)CSc1nnc(-c2ccncc2)n1CC. The maximum Gasteiger partial charge on any atom is 0.230 e. The molecule has 124 valence electrons. The molecule has 23 heavy (non-hydrogen) atoms. The van der Waals surface area contributed by atoms with Crippen LogP contribution in [-0.2, 0) is 11.3 Å². The van der Waals surface area contributed by atoms with Gasteiger partial charge in [0, 0.05) is 31.0 Å². The van der Waals surface area contributed by atoms with Crippen LogP contribution in [0.1, 0.15) is 33.1 Å². The van der Waals surface area contributed by atoms with Gasteiger partial charge in [-0.2, -0.15) is 0 Å². The molecule has 0 spiro atoms. The summed E-state index contributed by atoms with van der Waals surface area (Å²) in [5.74, 6) is 1.21. The predicted molar refractivity (Wildman–Crippen MR) is 92.2 cm³/mol. The Morgan fingerprint density at radius 3 is 2.70 bits per heavy atom. The smallest absolute Gasteiger partial charge is 0.230 e. The van der Waals surface area contributed by atoms with Gasteiger partial charge in [0.1, 0.15) is 0 Å². The zero-order valence-electron chi connectivity index (χ0n) is 13.7. The normalized spacial score (nSPS) is 10.7. The van der Waals surface area contributed by atoms with Gasteiger partial charge in [0.25, 0.3) is 0 Å². The zero-order chi connectivity index (χ0) is 16.5. The van der Waals surface area contributed by atoms with E-state index in [1.54, 1.807) is 12.4 Å². The van der Waals surface area contributed by atoms with Crippen molar-refractivity contribution in [2.45, 2.75) is 44.8 Å². The summed E-state index contributed by atoms with van der Waals surface area (Å²) < 4.78 is 2.02. The second-order valence-electron chi connectivity index (χ2n) is 5.13. The first kappa shape index (κ1) is 17.5. The zero-order valence-corrected chi connectivity index (χ0v) is 14.5. The second kappa shape index (κ2) is 9.29. The molecule has 1 amide bonds. The number of thioether (sulfide) groups is 1. The third-order valence-electron chi connectivity index (χ3n) is 3.41. The van der Waals surface area contributed by atoms with Crippen LogP contribution in [0.5, 0.6) is 0 Å². The van der Waals surface area contributed by atoms with Gasteiger partial charge in [-0.3, -0.25) is 9.78 Å². The van der Waals surface area contributed by atoms with Crippen molar-refractivity contribution in [1.82, 2.24) is 25.1 Å². The molecular weight excluding hydrogens is 310 g/mol. The molecule has 0 aliphatic rings. The molecular formula is C16H23N5OS. The van der Waals surface area contributed by atoms with Gasteiger partial charge >= 0.3 is 0 Å². The second-order valence-corrected chi connectivity index (χ2v) is 6.07. The Labute approximate surface area is 141 Å². The number of carbonyl (C=O) groups is 1. The summed E-state index contributed by atoms with van der Waals surface area (Å²) in [4.78, 5) is 15.9. The number of pyridine rings is 1. The summed E-state index contributed by atoms with van der Waals surface area (Å²) in [6.45, 7) is 5.69. The van der Waals surface area contributed by atoms with E-state index in [1.807, 2.05) is 23.6 Å². The number of nitrogens with one attached hydrogen (secondary N) is 1. The van der Waals surface area contributed by atoms with Gasteiger partial charge in [-0.15, -0.1) is 10.2 Å². The monoisotopic (exact) mass is 333 g/mol. The Bertz CT molecular complexity index is 614. The van der Waals surface area contributed by atoms with Gasteiger partial charge in [0.15, 0.2) is 11.0 Å². The van der Waals surface area contributed by atoms with E-state index in [4.69, 9.17) is 0 Å². The van der Waals surface area contributed by atoms with Gasteiger partial charge in [-0.1, -0.05) is 31.5 Å². The van der Waals surface area contributed by atoms with E-state index < -0.39 is 0 Å². The Morgan fingerprint density at radius 2 is 2.00 bits per heavy atom. The fraction of sp³-hybridized carbons (Fsp3) is 0.500. The summed E-state index contributed by atoms with van der Waals surface area (Å²) in [5.41, 5.74) is 0.977. The van der Waals surface area contributed by atoms with E-state index in [1.165, 1.54) is 11.8 Å². The molecule has 0 aromatic carbocycles. The molecule has 2 heterocycles. The van der Waals surface area contributed by atoms with Crippen molar-refractivity contribution in [3.05, 3.63) is 24.5 Å². The van der Waals surface area contributed by atoms with Crippen molar-refractivity contribution in [1.29, 1.82) is 0 Å². The molecule has 0 bridgehead atoms. The van der Waals surface area contributed by atoms with Crippen molar-refractivity contribution in [2.24, 2.45) is 0 Å². The molecule has 0 unspecified atom stereocenters. The van der Waals surface area contributed by atoms with Crippen LogP contribution in [0.3, 0.4) is 0 Å². The maximum absolute atomic E-state index is 11.9. The van der Waals surface area contributed by atoms with Crippen LogP contribution in [0, 0.1) is 0 Å². The molecule has 0 aliphatic heterocycles. The van der Waals surface area contributed by atoms with E-state index in [0.717, 1.165) is 48.9 Å². The molecule has 2 aromatic heterocycles. The largest absolute Gasteiger partial charge is 0.355 e. The van der Waals surface area contributed by atoms with Gasteiger partial charge in [0.05, 0.1) is 5.75 Å². The van der Waals surface area contributed by atoms with Gasteiger partial charge in [-0.25, -0.2) is 0 Å². The van der Waals surface area contributed by atoms with Crippen LogP contribution < -0.4 is 5.32 Å². The first-order valence-electron chi connectivity index (χ1n) is 7.99. The minimum Gasteiger partial charge on any atom is -0.355 e. The maximum atomic E-state index is 11.9. The number of rotatable bonds is 9. The Balaban J connectivity index is 1.93. The van der Waals surface area contributed by atoms with Crippen LogP contribution in [0.2, 0.25) is 0 Å². The van der Waals surface area contributed by atoms with Crippen molar-refractivity contribution >= 4 is 17.7 Å². The fourth-order valence-electron chi connectivity index (χ4n) is 2.18. The highest BCUT2D eigenvalue weighted by Crippen LogP contribution is 2.23. The Kier molecular flexibility index (Phi) is 7.06. The highest BCUT2D eigenvalue weighted by Gasteiger charge is 2.14. The molecule has 7 heteroatoms. The van der Waals surface area contributed by atoms with Crippen LogP contribution >= 0.6 is 11.8 Å². The van der Waals surface area contributed by atoms with Gasteiger partial charge in [0.2, 0.25) is 5.91 Å². The lowest BCUT2D eigenvalue weighted by Crippen LogP contribution is -2.26. The Morgan fingerprint density at radius 1 is 1.22 bits per heavy atom. The standard InChI is InChI=1S/C16H23N5OS/c1-3-5-6-9-18-14(22)12-23-16-20-19-15(21(16)4-2)13-7-10-17-11-8-13/h7-8,10-11H,3-6,9,12H2,1-2H3,(H,18,22). The molecule has 0 radical (unpaired) electrons. The molecule has 0 atom stereocenters. The molecule has 6 nitrogen and oxygen atoms in total. The number of aromatic nitrogens is 4. The first-order chi connectivity index (χ1) is 11.3. The third kappa shape index (κ3) is 5.06. The van der Waals surface area contributed by atoms with Gasteiger partial charge < -0.3 is 9.88 Å². The average molecular weight is 333 g/mol. The van der Waals surface area contributed by atoms with E-state index >= 15 is 0 Å². The van der Waals surface area contributed by atoms with Crippen molar-refractivity contribution < 1.29 is 4.79 Å². The van der Waals surface area contributed by atoms with Gasteiger partial charge in [-0.05, 0) is 25.5 Å². The van der Waals surface area contributed by atoms with Crippen molar-refractivity contribution in [3.8, 4) is 11.4 Å². The molecule has 1 N–H and O–H groups in total. The van der Waals surface area contributed by atoms with Crippen LogP contribution in [0.15, 0.2) is 29.7 Å². The molecule has 2 aromatic rings. The summed E-state index contributed by atoms with van der Waals surface area (Å²) >= 11 is 1.42. The average Bonchev–Trinajstić information content (AvgIpc) is 3.00. The van der Waals surface area contributed by atoms with E-state index in [0.29, 0.717) is 5.75 Å². The highest BCUT2D eigenvalue weighted by molar-refractivity contribution is 7.99. The van der Waals surface area contributed by atoms with E-state index in [-0.39, 0.29) is 5.91 Å². The molecule has 0 saturated heterocycles. The lowest BCUT2D eigenvalue weighted by Gasteiger charge is -2.07. The lowest BCUT2D eigenvalue weighted by atomic mass is 10.2. The third-order valence-corrected chi connectivity index (χ3v) is 4.37. The van der Waals surface area contributed by atoms with E-state index in [2.05, 4.69) is 27.4 Å². The summed E-state index contributed by atoms with van der Waals surface area (Å²) in [6, 6.07) is 3.82. The van der Waals surface area contributed by atoms with Crippen LogP contribution in [0.25, 0.3) is 11.4 Å². The summed E-state index contributed by atoms with van der Waals surface area (Å²) in [5, 5.41) is 12.2.